The van der Waals surface area contributed by atoms with E-state index in [2.05, 4.69) is 26.2 Å². The number of aliphatic hydroxyl groups excluding tert-OH is 1. The molecule has 1 aromatic rings. The Morgan fingerprint density at radius 2 is 2.42 bits per heavy atom. The Balaban J connectivity index is 2.46. The lowest BCUT2D eigenvalue weighted by molar-refractivity contribution is 0.292. The molecule has 0 aliphatic rings. The average molecular weight is 231 g/mol. The number of hydrogen-bond donors (Lipinski definition) is 2. The Bertz CT molecular complexity index is 242. The summed E-state index contributed by atoms with van der Waals surface area (Å²) < 4.78 is 0.996. The highest BCUT2D eigenvalue weighted by Crippen LogP contribution is 2.13. The van der Waals surface area contributed by atoms with Gasteiger partial charge in [0.05, 0.1) is 6.61 Å². The summed E-state index contributed by atoms with van der Waals surface area (Å²) in [6, 6.07) is 1.94. The van der Waals surface area contributed by atoms with E-state index in [-0.39, 0.29) is 6.61 Å². The fraction of sp³-hybridized carbons (Fsp3) is 0.375. The molecule has 0 amide bonds. The van der Waals surface area contributed by atoms with Crippen molar-refractivity contribution in [3.8, 4) is 0 Å². The second kappa shape index (κ2) is 5.24. The Labute approximate surface area is 80.0 Å². The van der Waals surface area contributed by atoms with Crippen LogP contribution in [0.3, 0.4) is 0 Å². The number of hydrogen-bond acceptors (Lipinski definition) is 3. The summed E-state index contributed by atoms with van der Waals surface area (Å²) in [6.45, 7) is 1.54. The summed E-state index contributed by atoms with van der Waals surface area (Å²) in [5.41, 5.74) is 1.15. The molecule has 4 heteroatoms. The molecule has 0 saturated carbocycles. The van der Waals surface area contributed by atoms with Gasteiger partial charge in [-0.05, 0) is 27.6 Å². The zero-order valence-electron chi connectivity index (χ0n) is 6.63. The number of halogens is 1. The van der Waals surface area contributed by atoms with E-state index in [0.717, 1.165) is 16.6 Å². The number of aromatic nitrogens is 1. The molecule has 0 spiro atoms. The van der Waals surface area contributed by atoms with E-state index >= 15 is 0 Å². The summed E-state index contributed by atoms with van der Waals surface area (Å²) in [4.78, 5) is 3.95. The monoisotopic (exact) mass is 230 g/mol. The van der Waals surface area contributed by atoms with Crippen molar-refractivity contribution >= 4 is 15.9 Å². The molecular weight excluding hydrogens is 220 g/mol. The quantitative estimate of drug-likeness (QED) is 0.757. The Morgan fingerprint density at radius 3 is 3.08 bits per heavy atom. The first kappa shape index (κ1) is 9.64. The molecule has 1 aromatic heterocycles. The van der Waals surface area contributed by atoms with Crippen LogP contribution < -0.4 is 5.32 Å². The van der Waals surface area contributed by atoms with Gasteiger partial charge >= 0.3 is 0 Å². The van der Waals surface area contributed by atoms with Gasteiger partial charge in [-0.1, -0.05) is 0 Å². The van der Waals surface area contributed by atoms with E-state index in [9.17, 15) is 0 Å². The van der Waals surface area contributed by atoms with E-state index in [1.54, 1.807) is 12.4 Å². The lowest BCUT2D eigenvalue weighted by atomic mass is 10.3. The minimum absolute atomic E-state index is 0.169. The van der Waals surface area contributed by atoms with Crippen molar-refractivity contribution in [3.05, 3.63) is 28.5 Å². The molecule has 0 aliphatic heterocycles. The van der Waals surface area contributed by atoms with E-state index in [4.69, 9.17) is 5.11 Å². The van der Waals surface area contributed by atoms with Crippen molar-refractivity contribution in [2.45, 2.75) is 6.54 Å². The van der Waals surface area contributed by atoms with Gasteiger partial charge in [0.2, 0.25) is 0 Å². The topological polar surface area (TPSA) is 45.1 Å². The maximum atomic E-state index is 8.53. The van der Waals surface area contributed by atoms with Gasteiger partial charge in [-0.25, -0.2) is 0 Å². The van der Waals surface area contributed by atoms with Crippen LogP contribution in [0.1, 0.15) is 5.56 Å². The predicted molar refractivity (Wildman–Crippen MR) is 50.7 cm³/mol. The number of nitrogens with one attached hydrogen (secondary N) is 1. The lowest BCUT2D eigenvalue weighted by Crippen LogP contribution is -2.17. The van der Waals surface area contributed by atoms with Crippen LogP contribution in [0.25, 0.3) is 0 Å². The minimum atomic E-state index is 0.169. The van der Waals surface area contributed by atoms with Gasteiger partial charge in [-0.15, -0.1) is 0 Å². The third kappa shape index (κ3) is 2.89. The van der Waals surface area contributed by atoms with Gasteiger partial charge in [0, 0.05) is 30.0 Å². The van der Waals surface area contributed by atoms with E-state index in [1.807, 2.05) is 6.07 Å². The van der Waals surface area contributed by atoms with Crippen molar-refractivity contribution in [1.82, 2.24) is 10.3 Å². The van der Waals surface area contributed by atoms with Crippen molar-refractivity contribution in [1.29, 1.82) is 0 Å². The zero-order valence-corrected chi connectivity index (χ0v) is 8.21. The first-order chi connectivity index (χ1) is 5.84. The molecule has 1 heterocycles. The molecule has 0 atom stereocenters. The predicted octanol–water partition coefficient (Wildman–Crippen LogP) is 0.926. The molecule has 0 radical (unpaired) electrons. The molecule has 0 saturated heterocycles. The van der Waals surface area contributed by atoms with Crippen LogP contribution in [0.15, 0.2) is 22.9 Å². The standard InChI is InChI=1S/C8H11BrN2O/c9-8-6-10-2-1-7(8)5-11-3-4-12/h1-2,6,11-12H,3-5H2. The highest BCUT2D eigenvalue weighted by Gasteiger charge is 1.96. The minimum Gasteiger partial charge on any atom is -0.395 e. The van der Waals surface area contributed by atoms with E-state index < -0.39 is 0 Å². The summed E-state index contributed by atoms with van der Waals surface area (Å²) in [5.74, 6) is 0. The fourth-order valence-corrected chi connectivity index (χ4v) is 1.24. The summed E-state index contributed by atoms with van der Waals surface area (Å²) >= 11 is 3.38. The summed E-state index contributed by atoms with van der Waals surface area (Å²) in [5, 5.41) is 11.6. The fourth-order valence-electron chi connectivity index (χ4n) is 0.849. The maximum absolute atomic E-state index is 8.53. The highest BCUT2D eigenvalue weighted by molar-refractivity contribution is 9.10. The Morgan fingerprint density at radius 1 is 1.58 bits per heavy atom. The lowest BCUT2D eigenvalue weighted by Gasteiger charge is -2.03. The SMILES string of the molecule is OCCNCc1ccncc1Br. The Kier molecular flexibility index (Phi) is 4.21. The smallest absolute Gasteiger partial charge is 0.0556 e. The van der Waals surface area contributed by atoms with Crippen LogP contribution in [-0.4, -0.2) is 23.2 Å². The molecule has 0 fully saturated rings. The molecule has 0 unspecified atom stereocenters. The van der Waals surface area contributed by atoms with Crippen LogP contribution in [0.2, 0.25) is 0 Å². The summed E-state index contributed by atoms with van der Waals surface area (Å²) in [7, 11) is 0. The van der Waals surface area contributed by atoms with E-state index in [0.29, 0.717) is 6.54 Å². The number of rotatable bonds is 4. The molecule has 12 heavy (non-hydrogen) atoms. The van der Waals surface area contributed by atoms with Gasteiger partial charge in [0.25, 0.3) is 0 Å². The number of pyridine rings is 1. The van der Waals surface area contributed by atoms with Gasteiger partial charge < -0.3 is 10.4 Å². The van der Waals surface area contributed by atoms with Gasteiger partial charge in [-0.3, -0.25) is 4.98 Å². The van der Waals surface area contributed by atoms with Crippen LogP contribution in [0.4, 0.5) is 0 Å². The third-order valence-electron chi connectivity index (χ3n) is 1.46. The molecule has 66 valence electrons. The molecule has 0 aromatic carbocycles. The van der Waals surface area contributed by atoms with Crippen LogP contribution in [0.5, 0.6) is 0 Å². The number of nitrogens with zero attached hydrogens (tertiary/aromatic N) is 1. The van der Waals surface area contributed by atoms with Crippen LogP contribution in [0, 0.1) is 0 Å². The molecule has 0 aliphatic carbocycles. The van der Waals surface area contributed by atoms with Crippen LogP contribution >= 0.6 is 15.9 Å². The third-order valence-corrected chi connectivity index (χ3v) is 2.17. The molecular formula is C8H11BrN2O. The average Bonchev–Trinajstić information content (AvgIpc) is 2.09. The van der Waals surface area contributed by atoms with Crippen molar-refractivity contribution < 1.29 is 5.11 Å². The van der Waals surface area contributed by atoms with Gasteiger partial charge in [0.15, 0.2) is 0 Å². The second-order valence-corrected chi connectivity index (χ2v) is 3.22. The molecule has 3 nitrogen and oxygen atoms in total. The first-order valence-electron chi connectivity index (χ1n) is 3.74. The van der Waals surface area contributed by atoms with Gasteiger partial charge in [0.1, 0.15) is 0 Å². The zero-order chi connectivity index (χ0) is 8.81. The number of aliphatic hydroxyl groups is 1. The normalized spacial score (nSPS) is 10.2. The Hall–Kier alpha value is -0.450. The first-order valence-corrected chi connectivity index (χ1v) is 4.54. The van der Waals surface area contributed by atoms with Crippen molar-refractivity contribution in [2.75, 3.05) is 13.2 Å². The largest absolute Gasteiger partial charge is 0.395 e. The molecule has 0 bridgehead atoms. The maximum Gasteiger partial charge on any atom is 0.0556 e. The highest BCUT2D eigenvalue weighted by atomic mass is 79.9. The van der Waals surface area contributed by atoms with Crippen molar-refractivity contribution in [3.63, 3.8) is 0 Å². The second-order valence-electron chi connectivity index (χ2n) is 2.37. The van der Waals surface area contributed by atoms with E-state index in [1.165, 1.54) is 0 Å². The molecule has 1 rings (SSSR count). The molecule has 2 N–H and O–H groups in total. The van der Waals surface area contributed by atoms with Crippen molar-refractivity contribution in [2.24, 2.45) is 0 Å². The van der Waals surface area contributed by atoms with Crippen LogP contribution in [-0.2, 0) is 6.54 Å². The summed E-state index contributed by atoms with van der Waals surface area (Å²) in [6.07, 6.45) is 3.51. The van der Waals surface area contributed by atoms with Gasteiger partial charge in [-0.2, -0.15) is 0 Å².